The third-order valence-electron chi connectivity index (χ3n) is 2.73. The predicted molar refractivity (Wildman–Crippen MR) is 62.5 cm³/mol. The van der Waals surface area contributed by atoms with Crippen LogP contribution >= 0.6 is 11.6 Å². The van der Waals surface area contributed by atoms with Gasteiger partial charge in [0.15, 0.2) is 0 Å². The van der Waals surface area contributed by atoms with Crippen LogP contribution in [0, 0.1) is 17.7 Å². The van der Waals surface area contributed by atoms with E-state index < -0.39 is 0 Å². The molecule has 84 valence electrons. The van der Waals surface area contributed by atoms with Gasteiger partial charge in [-0.15, -0.1) is 0 Å². The molecule has 1 aromatic rings. The molecule has 0 aliphatic heterocycles. The Morgan fingerprint density at radius 3 is 2.53 bits per heavy atom. The van der Waals surface area contributed by atoms with Crippen molar-refractivity contribution < 1.29 is 4.39 Å². The Morgan fingerprint density at radius 1 is 1.40 bits per heavy atom. The summed E-state index contributed by atoms with van der Waals surface area (Å²) >= 11 is 5.71. The molecule has 0 aliphatic carbocycles. The lowest BCUT2D eigenvalue weighted by molar-refractivity contribution is 0.392. The molecule has 0 radical (unpaired) electrons. The monoisotopic (exact) mass is 229 g/mol. The van der Waals surface area contributed by atoms with E-state index in [2.05, 4.69) is 13.8 Å². The fourth-order valence-corrected chi connectivity index (χ4v) is 1.76. The van der Waals surface area contributed by atoms with Crippen molar-refractivity contribution in [3.8, 4) is 0 Å². The van der Waals surface area contributed by atoms with Crippen LogP contribution in [0.4, 0.5) is 4.39 Å². The third kappa shape index (κ3) is 3.47. The van der Waals surface area contributed by atoms with Crippen molar-refractivity contribution in [3.63, 3.8) is 0 Å². The van der Waals surface area contributed by atoms with Gasteiger partial charge in [0.25, 0.3) is 0 Å². The molecule has 1 atom stereocenters. The van der Waals surface area contributed by atoms with Crippen molar-refractivity contribution in [1.29, 1.82) is 0 Å². The minimum absolute atomic E-state index is 0.187. The smallest absolute Gasteiger partial charge is 0.141 e. The highest BCUT2D eigenvalue weighted by atomic mass is 35.5. The van der Waals surface area contributed by atoms with E-state index in [1.165, 1.54) is 6.07 Å². The van der Waals surface area contributed by atoms with Gasteiger partial charge in [0.2, 0.25) is 0 Å². The molecular weight excluding hydrogens is 213 g/mol. The maximum absolute atomic E-state index is 12.9. The maximum Gasteiger partial charge on any atom is 0.141 e. The van der Waals surface area contributed by atoms with Gasteiger partial charge in [-0.05, 0) is 42.5 Å². The lowest BCUT2D eigenvalue weighted by Crippen LogP contribution is -2.22. The van der Waals surface area contributed by atoms with Crippen LogP contribution in [0.1, 0.15) is 19.4 Å². The summed E-state index contributed by atoms with van der Waals surface area (Å²) in [5.74, 6) is 0.583. The molecule has 2 N–H and O–H groups in total. The normalized spacial score (nSPS) is 13.2. The zero-order chi connectivity index (χ0) is 11.4. The predicted octanol–water partition coefficient (Wildman–Crippen LogP) is 3.25. The molecule has 1 rings (SSSR count). The van der Waals surface area contributed by atoms with Gasteiger partial charge < -0.3 is 5.73 Å². The quantitative estimate of drug-likeness (QED) is 0.843. The van der Waals surface area contributed by atoms with Gasteiger partial charge in [-0.3, -0.25) is 0 Å². The first kappa shape index (κ1) is 12.5. The topological polar surface area (TPSA) is 26.0 Å². The summed E-state index contributed by atoms with van der Waals surface area (Å²) in [5.41, 5.74) is 6.73. The van der Waals surface area contributed by atoms with Crippen LogP contribution in [-0.2, 0) is 6.42 Å². The Labute approximate surface area is 95.4 Å². The second-order valence-corrected chi connectivity index (χ2v) is 4.60. The van der Waals surface area contributed by atoms with E-state index in [0.717, 1.165) is 12.0 Å². The van der Waals surface area contributed by atoms with Crippen molar-refractivity contribution in [1.82, 2.24) is 0 Å². The number of halogens is 2. The summed E-state index contributed by atoms with van der Waals surface area (Å²) in [5, 5.41) is 0.187. The SMILES string of the molecule is CC(C)C(CN)Cc1ccc(F)c(Cl)c1. The number of rotatable bonds is 4. The first-order chi connectivity index (χ1) is 7.04. The summed E-state index contributed by atoms with van der Waals surface area (Å²) in [4.78, 5) is 0. The molecule has 0 fully saturated rings. The first-order valence-electron chi connectivity index (χ1n) is 5.18. The summed E-state index contributed by atoms with van der Waals surface area (Å²) in [6.45, 7) is 4.93. The van der Waals surface area contributed by atoms with Crippen LogP contribution in [0.5, 0.6) is 0 Å². The molecular formula is C12H17ClFN. The Hall–Kier alpha value is -0.600. The van der Waals surface area contributed by atoms with Gasteiger partial charge in [-0.25, -0.2) is 4.39 Å². The zero-order valence-electron chi connectivity index (χ0n) is 9.13. The van der Waals surface area contributed by atoms with Gasteiger partial charge in [0, 0.05) is 0 Å². The van der Waals surface area contributed by atoms with E-state index in [4.69, 9.17) is 17.3 Å². The van der Waals surface area contributed by atoms with Crippen molar-refractivity contribution in [2.45, 2.75) is 20.3 Å². The summed E-state index contributed by atoms with van der Waals surface area (Å²) in [7, 11) is 0. The molecule has 0 aliphatic rings. The molecule has 1 nitrogen and oxygen atoms in total. The molecule has 15 heavy (non-hydrogen) atoms. The molecule has 0 aromatic heterocycles. The van der Waals surface area contributed by atoms with E-state index in [1.807, 2.05) is 0 Å². The van der Waals surface area contributed by atoms with E-state index >= 15 is 0 Å². The van der Waals surface area contributed by atoms with Crippen molar-refractivity contribution in [3.05, 3.63) is 34.6 Å². The number of nitrogens with two attached hydrogens (primary N) is 1. The Morgan fingerprint density at radius 2 is 2.07 bits per heavy atom. The highest BCUT2D eigenvalue weighted by Gasteiger charge is 2.12. The summed E-state index contributed by atoms with van der Waals surface area (Å²) < 4.78 is 12.9. The molecule has 0 saturated heterocycles. The Balaban J connectivity index is 2.75. The molecule has 0 spiro atoms. The van der Waals surface area contributed by atoms with Crippen LogP contribution in [-0.4, -0.2) is 6.54 Å². The van der Waals surface area contributed by atoms with E-state index in [-0.39, 0.29) is 10.8 Å². The van der Waals surface area contributed by atoms with E-state index in [1.54, 1.807) is 12.1 Å². The molecule has 1 unspecified atom stereocenters. The maximum atomic E-state index is 12.9. The fraction of sp³-hybridized carbons (Fsp3) is 0.500. The molecule has 1 aromatic carbocycles. The fourth-order valence-electron chi connectivity index (χ4n) is 1.56. The molecule has 0 saturated carbocycles. The van der Waals surface area contributed by atoms with Crippen LogP contribution < -0.4 is 5.73 Å². The van der Waals surface area contributed by atoms with Gasteiger partial charge in [0.1, 0.15) is 5.82 Å². The highest BCUT2D eigenvalue weighted by Crippen LogP contribution is 2.21. The van der Waals surface area contributed by atoms with Crippen LogP contribution in [0.3, 0.4) is 0 Å². The third-order valence-corrected chi connectivity index (χ3v) is 3.02. The van der Waals surface area contributed by atoms with Gasteiger partial charge >= 0.3 is 0 Å². The lowest BCUT2D eigenvalue weighted by Gasteiger charge is -2.18. The van der Waals surface area contributed by atoms with Crippen LogP contribution in [0.2, 0.25) is 5.02 Å². The van der Waals surface area contributed by atoms with Gasteiger partial charge in [0.05, 0.1) is 5.02 Å². The van der Waals surface area contributed by atoms with Crippen LogP contribution in [0.25, 0.3) is 0 Å². The average molecular weight is 230 g/mol. The van der Waals surface area contributed by atoms with Crippen molar-refractivity contribution >= 4 is 11.6 Å². The molecule has 3 heteroatoms. The second-order valence-electron chi connectivity index (χ2n) is 4.19. The highest BCUT2D eigenvalue weighted by molar-refractivity contribution is 6.30. The Kier molecular flexibility index (Phi) is 4.55. The zero-order valence-corrected chi connectivity index (χ0v) is 9.89. The molecule has 0 amide bonds. The van der Waals surface area contributed by atoms with E-state index in [9.17, 15) is 4.39 Å². The van der Waals surface area contributed by atoms with Gasteiger partial charge in [-0.2, -0.15) is 0 Å². The number of hydrogen-bond acceptors (Lipinski definition) is 1. The van der Waals surface area contributed by atoms with Crippen LogP contribution in [0.15, 0.2) is 18.2 Å². The lowest BCUT2D eigenvalue weighted by atomic mass is 9.89. The van der Waals surface area contributed by atoms with Crippen molar-refractivity contribution in [2.75, 3.05) is 6.54 Å². The van der Waals surface area contributed by atoms with Crippen molar-refractivity contribution in [2.24, 2.45) is 17.6 Å². The second kappa shape index (κ2) is 5.47. The minimum atomic E-state index is -0.366. The first-order valence-corrected chi connectivity index (χ1v) is 5.56. The number of hydrogen-bond donors (Lipinski definition) is 1. The standard InChI is InChI=1S/C12H17ClFN/c1-8(2)10(7-15)5-9-3-4-12(14)11(13)6-9/h3-4,6,8,10H,5,7,15H2,1-2H3. The van der Waals surface area contributed by atoms with E-state index in [0.29, 0.717) is 18.4 Å². The van der Waals surface area contributed by atoms with Gasteiger partial charge in [-0.1, -0.05) is 31.5 Å². The minimum Gasteiger partial charge on any atom is -0.330 e. The largest absolute Gasteiger partial charge is 0.330 e. The number of benzene rings is 1. The molecule has 0 bridgehead atoms. The average Bonchev–Trinajstić information content (AvgIpc) is 2.19. The Bertz CT molecular complexity index is 325. The summed E-state index contributed by atoms with van der Waals surface area (Å²) in [6.07, 6.45) is 0.855. The summed E-state index contributed by atoms with van der Waals surface area (Å²) in [6, 6.07) is 4.86. The molecule has 0 heterocycles.